The van der Waals surface area contributed by atoms with Gasteiger partial charge in [0.1, 0.15) is 11.6 Å². The fourth-order valence-corrected chi connectivity index (χ4v) is 3.86. The lowest BCUT2D eigenvalue weighted by molar-refractivity contribution is 0.0781. The molecule has 2 aromatic rings. The predicted molar refractivity (Wildman–Crippen MR) is 92.9 cm³/mol. The lowest BCUT2D eigenvalue weighted by atomic mass is 10.0. The molecule has 1 N–H and O–H groups in total. The number of likely N-dealkylation sites (tertiary alicyclic amines) is 1. The molecule has 2 aliphatic rings. The van der Waals surface area contributed by atoms with Gasteiger partial charge in [0.15, 0.2) is 0 Å². The standard InChI is InChI=1S/C17H17BrN4O2/c18-14-1-2-16(20-5-14)21-7-12-9-22(10-13(12)8-21)17(24)11-3-15(23)6-19-4-11/h1-6,12-13,23H,7-10H2. The van der Waals surface area contributed by atoms with Crippen LogP contribution in [0.2, 0.25) is 0 Å². The minimum absolute atomic E-state index is 0.0210. The first-order chi connectivity index (χ1) is 11.6. The van der Waals surface area contributed by atoms with Crippen molar-refractivity contribution in [3.8, 4) is 5.75 Å². The van der Waals surface area contributed by atoms with Crippen LogP contribution in [0.25, 0.3) is 0 Å². The highest BCUT2D eigenvalue weighted by molar-refractivity contribution is 9.10. The van der Waals surface area contributed by atoms with Crippen LogP contribution in [-0.2, 0) is 0 Å². The Kier molecular flexibility index (Phi) is 3.88. The monoisotopic (exact) mass is 388 g/mol. The molecule has 6 nitrogen and oxygen atoms in total. The summed E-state index contributed by atoms with van der Waals surface area (Å²) in [5.41, 5.74) is 0.446. The smallest absolute Gasteiger partial charge is 0.255 e. The molecule has 2 aromatic heterocycles. The van der Waals surface area contributed by atoms with Crippen LogP contribution in [-0.4, -0.2) is 52.1 Å². The van der Waals surface area contributed by atoms with Crippen molar-refractivity contribution >= 4 is 27.7 Å². The van der Waals surface area contributed by atoms with E-state index in [9.17, 15) is 9.90 Å². The Hall–Kier alpha value is -2.15. The first-order valence-electron chi connectivity index (χ1n) is 7.90. The maximum atomic E-state index is 12.6. The minimum atomic E-state index is -0.0545. The number of nitrogens with zero attached hydrogens (tertiary/aromatic N) is 4. The number of aromatic hydroxyl groups is 1. The van der Waals surface area contributed by atoms with Crippen molar-refractivity contribution in [2.45, 2.75) is 0 Å². The van der Waals surface area contributed by atoms with E-state index in [4.69, 9.17) is 0 Å². The zero-order valence-corrected chi connectivity index (χ0v) is 14.6. The van der Waals surface area contributed by atoms with E-state index in [0.717, 1.165) is 36.5 Å². The highest BCUT2D eigenvalue weighted by Crippen LogP contribution is 2.34. The number of carbonyl (C=O) groups is 1. The lowest BCUT2D eigenvalue weighted by Gasteiger charge is -2.22. The maximum absolute atomic E-state index is 12.6. The largest absolute Gasteiger partial charge is 0.506 e. The van der Waals surface area contributed by atoms with Gasteiger partial charge >= 0.3 is 0 Å². The molecule has 7 heteroatoms. The van der Waals surface area contributed by atoms with Crippen LogP contribution >= 0.6 is 15.9 Å². The second kappa shape index (κ2) is 6.05. The van der Waals surface area contributed by atoms with E-state index in [1.165, 1.54) is 18.5 Å². The van der Waals surface area contributed by atoms with Crippen LogP contribution in [0.5, 0.6) is 5.75 Å². The van der Waals surface area contributed by atoms with Crippen molar-refractivity contribution in [1.82, 2.24) is 14.9 Å². The Morgan fingerprint density at radius 1 is 1.12 bits per heavy atom. The van der Waals surface area contributed by atoms with Crippen LogP contribution in [0.4, 0.5) is 5.82 Å². The first-order valence-corrected chi connectivity index (χ1v) is 8.69. The third-order valence-corrected chi connectivity index (χ3v) is 5.25. The summed E-state index contributed by atoms with van der Waals surface area (Å²) < 4.78 is 0.974. The van der Waals surface area contributed by atoms with Crippen LogP contribution in [0.15, 0.2) is 41.3 Å². The van der Waals surface area contributed by atoms with Crippen LogP contribution in [0.3, 0.4) is 0 Å². The van der Waals surface area contributed by atoms with E-state index >= 15 is 0 Å². The van der Waals surface area contributed by atoms with Gasteiger partial charge in [0.05, 0.1) is 11.8 Å². The first kappa shape index (κ1) is 15.4. The molecule has 0 aromatic carbocycles. The molecule has 2 atom stereocenters. The molecule has 4 rings (SSSR count). The number of halogens is 1. The maximum Gasteiger partial charge on any atom is 0.255 e. The summed E-state index contributed by atoms with van der Waals surface area (Å²) in [5.74, 6) is 1.88. The Morgan fingerprint density at radius 2 is 1.88 bits per heavy atom. The summed E-state index contributed by atoms with van der Waals surface area (Å²) in [6.07, 6.45) is 4.65. The fourth-order valence-electron chi connectivity index (χ4n) is 3.63. The summed E-state index contributed by atoms with van der Waals surface area (Å²) in [6.45, 7) is 3.32. The van der Waals surface area contributed by atoms with E-state index < -0.39 is 0 Å². The van der Waals surface area contributed by atoms with Gasteiger partial charge in [-0.25, -0.2) is 4.98 Å². The molecule has 2 saturated heterocycles. The van der Waals surface area contributed by atoms with Crippen molar-refractivity contribution in [2.24, 2.45) is 11.8 Å². The number of fused-ring (bicyclic) bond motifs is 1. The quantitative estimate of drug-likeness (QED) is 0.853. The van der Waals surface area contributed by atoms with E-state index in [0.29, 0.717) is 17.4 Å². The number of rotatable bonds is 2. The highest BCUT2D eigenvalue weighted by atomic mass is 79.9. The Morgan fingerprint density at radius 3 is 2.50 bits per heavy atom. The van der Waals surface area contributed by atoms with Gasteiger partial charge in [-0.3, -0.25) is 9.78 Å². The Balaban J connectivity index is 1.42. The second-order valence-electron chi connectivity index (χ2n) is 6.40. The van der Waals surface area contributed by atoms with Gasteiger partial charge in [-0.15, -0.1) is 0 Å². The van der Waals surface area contributed by atoms with E-state index in [1.807, 2.05) is 23.2 Å². The summed E-state index contributed by atoms with van der Waals surface area (Å²) in [5, 5.41) is 9.50. The third-order valence-electron chi connectivity index (χ3n) is 4.78. The fraction of sp³-hybridized carbons (Fsp3) is 0.353. The number of pyridine rings is 2. The number of hydrogen-bond acceptors (Lipinski definition) is 5. The normalized spacial score (nSPS) is 22.7. The van der Waals surface area contributed by atoms with Gasteiger partial charge in [0.25, 0.3) is 5.91 Å². The summed E-state index contributed by atoms with van der Waals surface area (Å²) in [6, 6.07) is 5.50. The molecule has 0 aliphatic carbocycles. The Bertz CT molecular complexity index is 753. The summed E-state index contributed by atoms with van der Waals surface area (Å²) >= 11 is 3.41. The van der Waals surface area contributed by atoms with E-state index in [-0.39, 0.29) is 11.7 Å². The summed E-state index contributed by atoms with van der Waals surface area (Å²) in [4.78, 5) is 25.1. The van der Waals surface area contributed by atoms with Gasteiger partial charge in [-0.05, 0) is 34.1 Å². The average Bonchev–Trinajstić information content (AvgIpc) is 3.13. The number of hydrogen-bond donors (Lipinski definition) is 1. The minimum Gasteiger partial charge on any atom is -0.506 e. The second-order valence-corrected chi connectivity index (χ2v) is 7.32. The third kappa shape index (κ3) is 2.84. The topological polar surface area (TPSA) is 69.6 Å². The van der Waals surface area contributed by atoms with Crippen molar-refractivity contribution in [1.29, 1.82) is 0 Å². The molecule has 24 heavy (non-hydrogen) atoms. The predicted octanol–water partition coefficient (Wildman–Crippen LogP) is 2.15. The number of anilines is 1. The van der Waals surface area contributed by atoms with Gasteiger partial charge < -0.3 is 14.9 Å². The number of carbonyl (C=O) groups excluding carboxylic acids is 1. The molecule has 2 aliphatic heterocycles. The van der Waals surface area contributed by atoms with Crippen molar-refractivity contribution in [2.75, 3.05) is 31.1 Å². The number of aromatic nitrogens is 2. The van der Waals surface area contributed by atoms with Crippen LogP contribution in [0.1, 0.15) is 10.4 Å². The van der Waals surface area contributed by atoms with Crippen molar-refractivity contribution < 1.29 is 9.90 Å². The molecule has 2 fully saturated rings. The van der Waals surface area contributed by atoms with Crippen LogP contribution < -0.4 is 4.90 Å². The highest BCUT2D eigenvalue weighted by Gasteiger charge is 2.42. The molecule has 4 heterocycles. The molecule has 1 amide bonds. The molecular formula is C17H17BrN4O2. The van der Waals surface area contributed by atoms with Crippen molar-refractivity contribution in [3.63, 3.8) is 0 Å². The molecule has 0 saturated carbocycles. The van der Waals surface area contributed by atoms with Crippen molar-refractivity contribution in [3.05, 3.63) is 46.8 Å². The van der Waals surface area contributed by atoms with E-state index in [2.05, 4.69) is 30.8 Å². The van der Waals surface area contributed by atoms with Gasteiger partial charge in [-0.1, -0.05) is 0 Å². The van der Waals surface area contributed by atoms with Gasteiger partial charge in [0.2, 0.25) is 0 Å². The molecule has 2 unspecified atom stereocenters. The zero-order valence-electron chi connectivity index (χ0n) is 13.0. The SMILES string of the molecule is O=C(c1cncc(O)c1)N1CC2CN(c3ccc(Br)cn3)CC2C1. The molecule has 0 radical (unpaired) electrons. The number of amides is 1. The van der Waals surface area contributed by atoms with E-state index in [1.54, 1.807) is 0 Å². The van der Waals surface area contributed by atoms with Gasteiger partial charge in [0, 0.05) is 54.9 Å². The van der Waals surface area contributed by atoms with Crippen LogP contribution in [0, 0.1) is 11.8 Å². The summed E-state index contributed by atoms with van der Waals surface area (Å²) in [7, 11) is 0. The Labute approximate surface area is 148 Å². The molecular weight excluding hydrogens is 372 g/mol. The molecule has 0 spiro atoms. The average molecular weight is 389 g/mol. The zero-order chi connectivity index (χ0) is 16.7. The molecule has 124 valence electrons. The van der Waals surface area contributed by atoms with Gasteiger partial charge in [-0.2, -0.15) is 0 Å². The molecule has 0 bridgehead atoms. The lowest BCUT2D eigenvalue weighted by Crippen LogP contribution is -2.33.